The number of nitrogens with one attached hydrogen (secondary N) is 1. The minimum absolute atomic E-state index is 0.0519. The second-order valence-corrected chi connectivity index (χ2v) is 18.4. The van der Waals surface area contributed by atoms with Crippen LogP contribution in [-0.4, -0.2) is 95.2 Å². The molecule has 2 atom stereocenters. The molecule has 3 heterocycles. The fraction of sp³-hybridized carbons (Fsp3) is 0.684. The van der Waals surface area contributed by atoms with Gasteiger partial charge in [-0.1, -0.05) is 91.8 Å². The number of aromatic hydroxyl groups is 1. The molecule has 3 fully saturated rings. The van der Waals surface area contributed by atoms with Gasteiger partial charge in [0.2, 0.25) is 5.16 Å². The van der Waals surface area contributed by atoms with Gasteiger partial charge in [0.1, 0.15) is 16.8 Å². The lowest BCUT2D eigenvalue weighted by molar-refractivity contribution is -0.182. The van der Waals surface area contributed by atoms with Gasteiger partial charge in [-0.25, -0.2) is 14.5 Å². The number of thioether (sulfide) groups is 2. The molecule has 2 saturated carbocycles. The van der Waals surface area contributed by atoms with Gasteiger partial charge < -0.3 is 20.3 Å². The maximum atomic E-state index is 13.5. The van der Waals surface area contributed by atoms with E-state index in [9.17, 15) is 19.8 Å². The average molecular weight is 756 g/mol. The van der Waals surface area contributed by atoms with E-state index in [1.807, 2.05) is 53.7 Å². The summed E-state index contributed by atoms with van der Waals surface area (Å²) in [4.78, 5) is 31.7. The number of aliphatic imine (C=N–C) groups is 1. The molecule has 6 rings (SSSR count). The van der Waals surface area contributed by atoms with Gasteiger partial charge in [-0.15, -0.1) is 16.9 Å². The minimum Gasteiger partial charge on any atom is -0.507 e. The fourth-order valence-corrected chi connectivity index (χ4v) is 9.88. The van der Waals surface area contributed by atoms with E-state index in [1.165, 1.54) is 104 Å². The van der Waals surface area contributed by atoms with Gasteiger partial charge >= 0.3 is 5.97 Å². The van der Waals surface area contributed by atoms with E-state index in [0.717, 1.165) is 28.8 Å². The van der Waals surface area contributed by atoms with Crippen LogP contribution in [0.5, 0.6) is 5.75 Å². The summed E-state index contributed by atoms with van der Waals surface area (Å²) in [6, 6.07) is 5.48. The summed E-state index contributed by atoms with van der Waals surface area (Å²) in [7, 11) is 3.11. The average Bonchev–Trinajstić information content (AvgIpc) is 3.52. The quantitative estimate of drug-likeness (QED) is 0.145. The molecule has 3 N–H and O–H groups in total. The zero-order valence-electron chi connectivity index (χ0n) is 32.1. The molecule has 0 radical (unpaired) electrons. The van der Waals surface area contributed by atoms with E-state index < -0.39 is 23.0 Å². The molecule has 0 spiro atoms. The molecule has 0 unspecified atom stereocenters. The van der Waals surface area contributed by atoms with Crippen molar-refractivity contribution in [3.63, 3.8) is 0 Å². The number of carbonyl (C=O) groups is 2. The minimum atomic E-state index is -1.56. The van der Waals surface area contributed by atoms with E-state index in [2.05, 4.69) is 25.8 Å². The number of β-lactam (4-membered cyclic amide) rings is 1. The number of carboxylic acids is 1. The van der Waals surface area contributed by atoms with Crippen molar-refractivity contribution >= 4 is 41.6 Å². The van der Waals surface area contributed by atoms with Crippen molar-refractivity contribution in [1.82, 2.24) is 30.4 Å². The van der Waals surface area contributed by atoms with Crippen LogP contribution >= 0.6 is 23.5 Å². The maximum absolute atomic E-state index is 13.5. The van der Waals surface area contributed by atoms with Gasteiger partial charge in [-0.05, 0) is 70.2 Å². The smallest absolute Gasteiger partial charge is 0.352 e. The van der Waals surface area contributed by atoms with Gasteiger partial charge in [0, 0.05) is 55.1 Å². The molecule has 1 amide bonds. The molecule has 1 aromatic heterocycles. The van der Waals surface area contributed by atoms with Gasteiger partial charge in [-0.2, -0.15) is 0 Å². The molecular formula is C38H57N7O5S2. The number of phenolic OH excluding ortho intramolecular Hbond substituents is 1. The van der Waals surface area contributed by atoms with E-state index in [1.54, 1.807) is 13.3 Å². The van der Waals surface area contributed by atoms with Gasteiger partial charge in [-0.3, -0.25) is 9.69 Å². The fourth-order valence-electron chi connectivity index (χ4n) is 7.45. The summed E-state index contributed by atoms with van der Waals surface area (Å²) >= 11 is 2.71. The second-order valence-electron chi connectivity index (χ2n) is 16.4. The van der Waals surface area contributed by atoms with Crippen molar-refractivity contribution < 1.29 is 24.5 Å². The van der Waals surface area contributed by atoms with Crippen molar-refractivity contribution in [2.24, 2.45) is 12.0 Å². The highest BCUT2D eigenvalue weighted by Gasteiger charge is 2.66. The van der Waals surface area contributed by atoms with Crippen LogP contribution in [0, 0.1) is 0 Å². The Balaban J connectivity index is 0.000000335. The number of phenols is 1. The highest BCUT2D eigenvalue weighted by atomic mass is 32.2. The Labute approximate surface area is 317 Å². The molecule has 0 bridgehead atoms. The van der Waals surface area contributed by atoms with E-state index in [-0.39, 0.29) is 22.3 Å². The van der Waals surface area contributed by atoms with Gasteiger partial charge in [0.15, 0.2) is 0 Å². The molecule has 52 heavy (non-hydrogen) atoms. The second kappa shape index (κ2) is 16.6. The largest absolute Gasteiger partial charge is 0.507 e. The lowest BCUT2D eigenvalue weighted by Gasteiger charge is -2.53. The third-order valence-electron chi connectivity index (χ3n) is 10.4. The molecule has 4 aliphatic rings. The number of tetrazole rings is 1. The van der Waals surface area contributed by atoms with Crippen molar-refractivity contribution in [2.45, 2.75) is 145 Å². The van der Waals surface area contributed by atoms with Crippen LogP contribution < -0.4 is 5.32 Å². The number of carbonyl (C=O) groups excluding carboxylic acids is 1. The van der Waals surface area contributed by atoms with E-state index in [0.29, 0.717) is 22.2 Å². The van der Waals surface area contributed by atoms with Gasteiger partial charge in [0.05, 0.1) is 0 Å². The number of aliphatic carboxylic acids is 1. The SMILES string of the molecule is C1CCC(NC2CCCCC2)CC1.CO[C@@]1(N=Cc2cc(C(C)(C)C)c(O)c(C(C)(C)C)c2)C(=O)N2C(C(=O)O)=C(CSc3nnnn3C)CS[C@H]21. The summed E-state index contributed by atoms with van der Waals surface area (Å²) in [5, 5.41) is 36.1. The summed E-state index contributed by atoms with van der Waals surface area (Å²) < 4.78 is 7.19. The normalized spacial score (nSPS) is 23.3. The van der Waals surface area contributed by atoms with E-state index in [4.69, 9.17) is 4.74 Å². The predicted molar refractivity (Wildman–Crippen MR) is 207 cm³/mol. The number of carboxylic acid groups (broad SMARTS) is 1. The van der Waals surface area contributed by atoms with Crippen LogP contribution in [0.2, 0.25) is 0 Å². The van der Waals surface area contributed by atoms with Gasteiger partial charge in [0.25, 0.3) is 11.6 Å². The van der Waals surface area contributed by atoms with Crippen LogP contribution in [-0.2, 0) is 32.2 Å². The summed E-state index contributed by atoms with van der Waals surface area (Å²) in [5.74, 6) is -0.763. The van der Waals surface area contributed by atoms with Crippen LogP contribution in [0.1, 0.15) is 122 Å². The first-order chi connectivity index (χ1) is 24.6. The number of aromatic nitrogens is 4. The first kappa shape index (κ1) is 40.2. The molecular weight excluding hydrogens is 699 g/mol. The van der Waals surface area contributed by atoms with Crippen LogP contribution in [0.3, 0.4) is 0 Å². The zero-order chi connectivity index (χ0) is 37.8. The van der Waals surface area contributed by atoms with Crippen LogP contribution in [0.4, 0.5) is 0 Å². The number of rotatable bonds is 9. The predicted octanol–water partition coefficient (Wildman–Crippen LogP) is 6.56. The lowest BCUT2D eigenvalue weighted by Crippen LogP contribution is -2.73. The van der Waals surface area contributed by atoms with Crippen molar-refractivity contribution in [1.29, 1.82) is 0 Å². The molecule has 1 aromatic carbocycles. The Bertz CT molecular complexity index is 1600. The number of hydrogen-bond donors (Lipinski definition) is 3. The lowest BCUT2D eigenvalue weighted by atomic mass is 9.78. The summed E-state index contributed by atoms with van der Waals surface area (Å²) in [6.45, 7) is 12.1. The number of amides is 1. The Morgan fingerprint density at radius 1 is 1.04 bits per heavy atom. The molecule has 12 nitrogen and oxygen atoms in total. The Hall–Kier alpha value is -2.94. The maximum Gasteiger partial charge on any atom is 0.352 e. The molecule has 2 aliphatic heterocycles. The Morgan fingerprint density at radius 3 is 2.06 bits per heavy atom. The van der Waals surface area contributed by atoms with Crippen molar-refractivity contribution in [3.05, 3.63) is 40.1 Å². The number of benzene rings is 1. The number of fused-ring (bicyclic) bond motifs is 1. The number of methoxy groups -OCH3 is 1. The molecule has 2 aliphatic carbocycles. The molecule has 1 saturated heterocycles. The zero-order valence-corrected chi connectivity index (χ0v) is 33.7. The Kier molecular flexibility index (Phi) is 12.9. The Morgan fingerprint density at radius 2 is 1.60 bits per heavy atom. The molecule has 14 heteroatoms. The number of nitrogens with zero attached hydrogens (tertiary/aromatic N) is 6. The number of hydrogen-bond acceptors (Lipinski definition) is 11. The highest BCUT2D eigenvalue weighted by molar-refractivity contribution is 8.01. The van der Waals surface area contributed by atoms with Crippen LogP contribution in [0.15, 0.2) is 33.6 Å². The number of ether oxygens (including phenoxy) is 1. The van der Waals surface area contributed by atoms with E-state index >= 15 is 0 Å². The summed E-state index contributed by atoms with van der Waals surface area (Å²) in [6.07, 6.45) is 16.1. The third kappa shape index (κ3) is 8.88. The molecule has 286 valence electrons. The highest BCUT2D eigenvalue weighted by Crippen LogP contribution is 2.49. The molecule has 2 aromatic rings. The standard InChI is InChI=1S/C26H34N6O5S2.C12H23N/c1-24(2,3)16-9-14(10-17(19(16)33)25(4,5)6)11-27-26(37-8)21(36)32-18(20(34)35)15(12-38-22(26)32)13-39-23-28-29-30-31(23)7;1-3-7-11(8-4-1)13-12-9-5-2-6-10-12/h9-11,22,33H,12-13H2,1-8H3,(H,34,35);11-13H,1-10H2/t22-,26-;/m0./s1. The first-order valence-corrected chi connectivity index (χ1v) is 20.6. The first-order valence-electron chi connectivity index (χ1n) is 18.6. The third-order valence-corrected chi connectivity index (χ3v) is 12.8. The monoisotopic (exact) mass is 755 g/mol. The topological polar surface area (TPSA) is 155 Å². The van der Waals surface area contributed by atoms with Crippen molar-refractivity contribution in [3.8, 4) is 5.75 Å². The van der Waals surface area contributed by atoms with Crippen LogP contribution in [0.25, 0.3) is 0 Å². The number of aryl methyl sites for hydroxylation is 1. The van der Waals surface area contributed by atoms with Crippen molar-refractivity contribution in [2.75, 3.05) is 18.6 Å². The summed E-state index contributed by atoms with van der Waals surface area (Å²) in [5.41, 5.74) is 0.595.